The Balaban J connectivity index is 2.84. The fourth-order valence-electron chi connectivity index (χ4n) is 1.46. The van der Waals surface area contributed by atoms with E-state index < -0.39 is 23.3 Å². The fraction of sp³-hybridized carbons (Fsp3) is 0.111. The van der Waals surface area contributed by atoms with Gasteiger partial charge in [-0.25, -0.2) is 9.78 Å². The maximum Gasteiger partial charge on any atom is 0.417 e. The van der Waals surface area contributed by atoms with E-state index in [0.29, 0.717) is 0 Å². The summed E-state index contributed by atoms with van der Waals surface area (Å²) in [6.45, 7) is 0. The average molecular weight is 230 g/mol. The van der Waals surface area contributed by atoms with E-state index in [1.54, 1.807) is 0 Å². The number of imidazole rings is 1. The Kier molecular flexibility index (Phi) is 2.11. The summed E-state index contributed by atoms with van der Waals surface area (Å²) in [5.41, 5.74) is -1.96. The van der Waals surface area contributed by atoms with Gasteiger partial charge in [0.05, 0.1) is 23.0 Å². The molecule has 1 aromatic heterocycles. The molecule has 0 saturated carbocycles. The van der Waals surface area contributed by atoms with Crippen molar-refractivity contribution in [1.29, 1.82) is 0 Å². The first-order valence-corrected chi connectivity index (χ1v) is 4.18. The van der Waals surface area contributed by atoms with Gasteiger partial charge in [0, 0.05) is 0 Å². The highest BCUT2D eigenvalue weighted by Crippen LogP contribution is 2.34. The number of fused-ring (bicyclic) bond motifs is 1. The van der Waals surface area contributed by atoms with Crippen LogP contribution in [0.25, 0.3) is 11.0 Å². The van der Waals surface area contributed by atoms with Crippen LogP contribution in [0.5, 0.6) is 0 Å². The molecule has 1 heterocycles. The van der Waals surface area contributed by atoms with Crippen LogP contribution in [0.1, 0.15) is 15.9 Å². The molecule has 7 heteroatoms. The van der Waals surface area contributed by atoms with Gasteiger partial charge < -0.3 is 10.1 Å². The average Bonchev–Trinajstić information content (AvgIpc) is 2.61. The molecule has 0 bridgehead atoms. The molecule has 0 aliphatic rings. The van der Waals surface area contributed by atoms with Gasteiger partial charge in [0.2, 0.25) is 0 Å². The number of carbonyl (C=O) groups is 1. The molecule has 2 aromatic rings. The summed E-state index contributed by atoms with van der Waals surface area (Å²) in [5.74, 6) is -1.65. The molecular weight excluding hydrogens is 225 g/mol. The minimum absolute atomic E-state index is 0.192. The third kappa shape index (κ3) is 1.50. The molecule has 0 spiro atoms. The maximum absolute atomic E-state index is 12.5. The highest BCUT2D eigenvalue weighted by atomic mass is 19.4. The second-order valence-electron chi connectivity index (χ2n) is 3.09. The van der Waals surface area contributed by atoms with Crippen LogP contribution in [0, 0.1) is 0 Å². The Labute approximate surface area is 86.7 Å². The Morgan fingerprint density at radius 2 is 2.06 bits per heavy atom. The largest absolute Gasteiger partial charge is 0.478 e. The smallest absolute Gasteiger partial charge is 0.417 e. The van der Waals surface area contributed by atoms with Crippen molar-refractivity contribution in [3.63, 3.8) is 0 Å². The van der Waals surface area contributed by atoms with Crippen LogP contribution < -0.4 is 0 Å². The van der Waals surface area contributed by atoms with Crippen molar-refractivity contribution in [2.45, 2.75) is 6.18 Å². The summed E-state index contributed by atoms with van der Waals surface area (Å²) in [5, 5.41) is 8.79. The van der Waals surface area contributed by atoms with Crippen molar-refractivity contribution in [2.75, 3.05) is 0 Å². The van der Waals surface area contributed by atoms with Gasteiger partial charge in [-0.15, -0.1) is 0 Å². The fourth-order valence-corrected chi connectivity index (χ4v) is 1.46. The van der Waals surface area contributed by atoms with E-state index in [1.165, 1.54) is 0 Å². The van der Waals surface area contributed by atoms with Gasteiger partial charge in [0.15, 0.2) is 0 Å². The Hall–Kier alpha value is -2.05. The lowest BCUT2D eigenvalue weighted by Crippen LogP contribution is -2.13. The van der Waals surface area contributed by atoms with Gasteiger partial charge >= 0.3 is 12.1 Å². The quantitative estimate of drug-likeness (QED) is 0.789. The van der Waals surface area contributed by atoms with Crippen molar-refractivity contribution in [2.24, 2.45) is 0 Å². The van der Waals surface area contributed by atoms with Gasteiger partial charge in [-0.2, -0.15) is 13.2 Å². The third-order valence-corrected chi connectivity index (χ3v) is 2.11. The first-order chi connectivity index (χ1) is 7.41. The first-order valence-electron chi connectivity index (χ1n) is 4.18. The summed E-state index contributed by atoms with van der Waals surface area (Å²) in [7, 11) is 0. The molecule has 2 N–H and O–H groups in total. The number of aromatic nitrogens is 2. The zero-order valence-corrected chi connectivity index (χ0v) is 7.67. The highest BCUT2D eigenvalue weighted by molar-refractivity contribution is 6.02. The Bertz CT molecular complexity index is 559. The van der Waals surface area contributed by atoms with E-state index in [-0.39, 0.29) is 11.0 Å². The molecule has 4 nitrogen and oxygen atoms in total. The summed E-state index contributed by atoms with van der Waals surface area (Å²) in [4.78, 5) is 17.0. The van der Waals surface area contributed by atoms with Gasteiger partial charge in [0.1, 0.15) is 5.52 Å². The SMILES string of the molecule is O=C(O)c1c(C(F)(F)F)ccc2[nH]cnc12. The molecule has 0 atom stereocenters. The van der Waals surface area contributed by atoms with Gasteiger partial charge in [0.25, 0.3) is 0 Å². The van der Waals surface area contributed by atoms with E-state index >= 15 is 0 Å². The number of carboxylic acid groups (broad SMARTS) is 1. The van der Waals surface area contributed by atoms with Crippen LogP contribution in [-0.4, -0.2) is 21.0 Å². The minimum Gasteiger partial charge on any atom is -0.478 e. The Morgan fingerprint density at radius 3 is 2.62 bits per heavy atom. The number of halogens is 3. The summed E-state index contributed by atoms with van der Waals surface area (Å²) in [6.07, 6.45) is -3.56. The number of H-pyrrole nitrogens is 1. The number of nitrogens with zero attached hydrogens (tertiary/aromatic N) is 1. The molecule has 2 rings (SSSR count). The lowest BCUT2D eigenvalue weighted by molar-refractivity contribution is -0.138. The van der Waals surface area contributed by atoms with Crippen LogP contribution in [0.15, 0.2) is 18.5 Å². The number of aromatic amines is 1. The second-order valence-corrected chi connectivity index (χ2v) is 3.09. The van der Waals surface area contributed by atoms with Crippen LogP contribution in [0.2, 0.25) is 0 Å². The molecule has 0 unspecified atom stereocenters. The molecule has 1 aromatic carbocycles. The topological polar surface area (TPSA) is 66.0 Å². The standard InChI is InChI=1S/C9H5F3N2O2/c10-9(11,12)4-1-2-5-7(14-3-13-5)6(4)8(15)16/h1-3H,(H,13,14)(H,15,16). The lowest BCUT2D eigenvalue weighted by atomic mass is 10.1. The van der Waals surface area contributed by atoms with Gasteiger partial charge in [-0.05, 0) is 12.1 Å². The van der Waals surface area contributed by atoms with Crippen molar-refractivity contribution in [3.05, 3.63) is 29.6 Å². The second kappa shape index (κ2) is 3.22. The van der Waals surface area contributed by atoms with E-state index in [0.717, 1.165) is 18.5 Å². The lowest BCUT2D eigenvalue weighted by Gasteiger charge is -2.09. The predicted molar refractivity (Wildman–Crippen MR) is 48.1 cm³/mol. The normalized spacial score (nSPS) is 11.9. The molecule has 0 fully saturated rings. The van der Waals surface area contributed by atoms with Crippen molar-refractivity contribution >= 4 is 17.0 Å². The molecule has 0 saturated heterocycles. The number of aromatic carboxylic acids is 1. The number of rotatable bonds is 1. The van der Waals surface area contributed by atoms with E-state index in [1.807, 2.05) is 0 Å². The van der Waals surface area contributed by atoms with Gasteiger partial charge in [-0.1, -0.05) is 0 Å². The number of hydrogen-bond donors (Lipinski definition) is 2. The number of carboxylic acids is 1. The third-order valence-electron chi connectivity index (χ3n) is 2.11. The number of benzene rings is 1. The van der Waals surface area contributed by atoms with Crippen LogP contribution in [0.3, 0.4) is 0 Å². The van der Waals surface area contributed by atoms with Crippen molar-refractivity contribution < 1.29 is 23.1 Å². The Morgan fingerprint density at radius 1 is 1.38 bits per heavy atom. The first kappa shape index (κ1) is 10.5. The highest BCUT2D eigenvalue weighted by Gasteiger charge is 2.36. The maximum atomic E-state index is 12.5. The van der Waals surface area contributed by atoms with Crippen LogP contribution in [-0.2, 0) is 6.18 Å². The molecule has 0 radical (unpaired) electrons. The van der Waals surface area contributed by atoms with E-state index in [4.69, 9.17) is 5.11 Å². The number of hydrogen-bond acceptors (Lipinski definition) is 2. The minimum atomic E-state index is -4.71. The van der Waals surface area contributed by atoms with Crippen molar-refractivity contribution in [3.8, 4) is 0 Å². The van der Waals surface area contributed by atoms with E-state index in [2.05, 4.69) is 9.97 Å². The molecule has 0 aliphatic heterocycles. The van der Waals surface area contributed by atoms with Gasteiger partial charge in [-0.3, -0.25) is 0 Å². The molecule has 84 valence electrons. The zero-order chi connectivity index (χ0) is 11.9. The predicted octanol–water partition coefficient (Wildman–Crippen LogP) is 2.28. The molecular formula is C9H5F3N2O2. The summed E-state index contributed by atoms with van der Waals surface area (Å²) >= 11 is 0. The monoisotopic (exact) mass is 230 g/mol. The molecule has 0 aliphatic carbocycles. The summed E-state index contributed by atoms with van der Waals surface area (Å²) in [6, 6.07) is 1.88. The number of alkyl halides is 3. The van der Waals surface area contributed by atoms with Crippen LogP contribution in [0.4, 0.5) is 13.2 Å². The molecule has 0 amide bonds. The zero-order valence-electron chi connectivity index (χ0n) is 7.67. The molecule has 16 heavy (non-hydrogen) atoms. The van der Waals surface area contributed by atoms with E-state index in [9.17, 15) is 18.0 Å². The van der Waals surface area contributed by atoms with Crippen LogP contribution >= 0.6 is 0 Å². The number of nitrogens with one attached hydrogen (secondary N) is 1. The summed E-state index contributed by atoms with van der Waals surface area (Å²) < 4.78 is 37.6. The van der Waals surface area contributed by atoms with Crippen molar-refractivity contribution in [1.82, 2.24) is 9.97 Å².